The zero-order chi connectivity index (χ0) is 16.7. The Hall–Kier alpha value is -2.16. The van der Waals surface area contributed by atoms with E-state index in [9.17, 15) is 0 Å². The van der Waals surface area contributed by atoms with Crippen LogP contribution in [0.1, 0.15) is 42.9 Å². The van der Waals surface area contributed by atoms with Crippen molar-refractivity contribution in [2.45, 2.75) is 31.8 Å². The van der Waals surface area contributed by atoms with E-state index in [2.05, 4.69) is 31.2 Å². The molecule has 0 saturated heterocycles. The Balaban J connectivity index is 1.73. The van der Waals surface area contributed by atoms with Crippen LogP contribution in [0.4, 0.5) is 0 Å². The highest BCUT2D eigenvalue weighted by Gasteiger charge is 2.44. The van der Waals surface area contributed by atoms with Gasteiger partial charge in [0.1, 0.15) is 23.4 Å². The van der Waals surface area contributed by atoms with Gasteiger partial charge in [-0.3, -0.25) is 0 Å². The summed E-state index contributed by atoms with van der Waals surface area (Å²) >= 11 is 0. The zero-order valence-corrected chi connectivity index (χ0v) is 14.5. The molecule has 1 saturated carbocycles. The first-order valence-corrected chi connectivity index (χ1v) is 8.68. The highest BCUT2D eigenvalue weighted by Crippen LogP contribution is 2.56. The summed E-state index contributed by atoms with van der Waals surface area (Å²) in [5, 5.41) is 0. The Morgan fingerprint density at radius 1 is 0.917 bits per heavy atom. The molecule has 0 spiro atoms. The molecule has 1 heterocycles. The van der Waals surface area contributed by atoms with Gasteiger partial charge in [-0.05, 0) is 60.6 Å². The van der Waals surface area contributed by atoms with E-state index in [0.29, 0.717) is 11.8 Å². The van der Waals surface area contributed by atoms with Crippen LogP contribution in [0.15, 0.2) is 42.5 Å². The van der Waals surface area contributed by atoms with Gasteiger partial charge in [0.05, 0.1) is 14.2 Å². The van der Waals surface area contributed by atoms with Gasteiger partial charge in [-0.2, -0.15) is 0 Å². The van der Waals surface area contributed by atoms with Crippen molar-refractivity contribution in [2.24, 2.45) is 11.8 Å². The van der Waals surface area contributed by atoms with Crippen LogP contribution in [0.25, 0.3) is 0 Å². The standard InChI is InChI=1S/C21H24O3/c1-13-10-17-18-12-16(23-3)8-9-20(18)24-21(19(17)11-13)14-4-6-15(22-2)7-5-14/h4-9,12-13,17,19,21H,10-11H2,1-3H3/t13-,17-,19-,21-/m0/s1. The minimum Gasteiger partial charge on any atom is -0.497 e. The number of fused-ring (bicyclic) bond motifs is 3. The van der Waals surface area contributed by atoms with Crippen molar-refractivity contribution in [2.75, 3.05) is 14.2 Å². The average molecular weight is 324 g/mol. The lowest BCUT2D eigenvalue weighted by Gasteiger charge is -2.36. The third-order valence-corrected chi connectivity index (χ3v) is 5.55. The summed E-state index contributed by atoms with van der Waals surface area (Å²) in [5.74, 6) is 4.60. The van der Waals surface area contributed by atoms with Crippen molar-refractivity contribution in [1.29, 1.82) is 0 Å². The Morgan fingerprint density at radius 2 is 1.62 bits per heavy atom. The second-order valence-electron chi connectivity index (χ2n) is 7.06. The first kappa shape index (κ1) is 15.4. The fourth-order valence-electron chi connectivity index (χ4n) is 4.41. The maximum absolute atomic E-state index is 6.46. The lowest BCUT2D eigenvalue weighted by atomic mass is 9.80. The van der Waals surface area contributed by atoms with Crippen LogP contribution in [0, 0.1) is 11.8 Å². The molecule has 126 valence electrons. The highest BCUT2D eigenvalue weighted by molar-refractivity contribution is 5.46. The molecule has 1 fully saturated rings. The van der Waals surface area contributed by atoms with Gasteiger partial charge in [0.2, 0.25) is 0 Å². The van der Waals surface area contributed by atoms with Crippen molar-refractivity contribution in [3.8, 4) is 17.2 Å². The van der Waals surface area contributed by atoms with Crippen LogP contribution in [0.2, 0.25) is 0 Å². The number of ether oxygens (including phenoxy) is 3. The minimum absolute atomic E-state index is 0.117. The third-order valence-electron chi connectivity index (χ3n) is 5.55. The fraction of sp³-hybridized carbons (Fsp3) is 0.429. The summed E-state index contributed by atoms with van der Waals surface area (Å²) in [4.78, 5) is 0. The molecule has 0 N–H and O–H groups in total. The van der Waals surface area contributed by atoms with Gasteiger partial charge < -0.3 is 14.2 Å². The van der Waals surface area contributed by atoms with Crippen molar-refractivity contribution in [3.05, 3.63) is 53.6 Å². The van der Waals surface area contributed by atoms with Gasteiger partial charge in [0, 0.05) is 11.5 Å². The molecule has 2 aromatic rings. The fourth-order valence-corrected chi connectivity index (χ4v) is 4.41. The van der Waals surface area contributed by atoms with Gasteiger partial charge in [0.15, 0.2) is 0 Å². The topological polar surface area (TPSA) is 27.7 Å². The number of methoxy groups -OCH3 is 2. The van der Waals surface area contributed by atoms with Crippen molar-refractivity contribution < 1.29 is 14.2 Å². The summed E-state index contributed by atoms with van der Waals surface area (Å²) < 4.78 is 17.2. The predicted octanol–water partition coefficient (Wildman–Crippen LogP) is 4.97. The zero-order valence-electron chi connectivity index (χ0n) is 14.5. The number of hydrogen-bond donors (Lipinski definition) is 0. The molecule has 3 nitrogen and oxygen atoms in total. The molecular weight excluding hydrogens is 300 g/mol. The normalized spacial score (nSPS) is 27.8. The van der Waals surface area contributed by atoms with Gasteiger partial charge in [-0.15, -0.1) is 0 Å². The summed E-state index contributed by atoms with van der Waals surface area (Å²) in [5.41, 5.74) is 2.55. The molecule has 0 bridgehead atoms. The molecule has 2 aliphatic rings. The minimum atomic E-state index is 0.117. The monoisotopic (exact) mass is 324 g/mol. The molecule has 0 unspecified atom stereocenters. The SMILES string of the molecule is COc1ccc([C@@H]2Oc3ccc(OC)cc3[C@@H]3C[C@H](C)C[C@@H]32)cc1. The number of rotatable bonds is 3. The molecule has 0 radical (unpaired) electrons. The van der Waals surface area contributed by atoms with Crippen molar-refractivity contribution in [3.63, 3.8) is 0 Å². The van der Waals surface area contributed by atoms with Crippen molar-refractivity contribution >= 4 is 0 Å². The van der Waals surface area contributed by atoms with E-state index in [0.717, 1.165) is 23.2 Å². The van der Waals surface area contributed by atoms with Gasteiger partial charge in [0.25, 0.3) is 0 Å². The molecule has 2 aromatic carbocycles. The lowest BCUT2D eigenvalue weighted by Crippen LogP contribution is -2.26. The summed E-state index contributed by atoms with van der Waals surface area (Å²) in [6.45, 7) is 2.35. The molecule has 0 aromatic heterocycles. The van der Waals surface area contributed by atoms with Crippen LogP contribution in [0.5, 0.6) is 17.2 Å². The van der Waals surface area contributed by atoms with E-state index < -0.39 is 0 Å². The van der Waals surface area contributed by atoms with E-state index in [4.69, 9.17) is 14.2 Å². The third kappa shape index (κ3) is 2.52. The maximum Gasteiger partial charge on any atom is 0.127 e. The second-order valence-corrected chi connectivity index (χ2v) is 7.06. The largest absolute Gasteiger partial charge is 0.497 e. The second kappa shape index (κ2) is 6.04. The Morgan fingerprint density at radius 3 is 2.33 bits per heavy atom. The predicted molar refractivity (Wildman–Crippen MR) is 94.0 cm³/mol. The van der Waals surface area contributed by atoms with E-state index in [-0.39, 0.29) is 6.10 Å². The first-order chi connectivity index (χ1) is 11.7. The first-order valence-electron chi connectivity index (χ1n) is 8.68. The van der Waals surface area contributed by atoms with E-state index in [1.807, 2.05) is 18.2 Å². The maximum atomic E-state index is 6.46. The van der Waals surface area contributed by atoms with E-state index in [1.165, 1.54) is 24.0 Å². The Labute approximate surface area is 143 Å². The molecule has 1 aliphatic heterocycles. The molecule has 4 rings (SSSR count). The molecule has 24 heavy (non-hydrogen) atoms. The lowest BCUT2D eigenvalue weighted by molar-refractivity contribution is 0.103. The van der Waals surface area contributed by atoms with Gasteiger partial charge >= 0.3 is 0 Å². The Bertz CT molecular complexity index is 722. The summed E-state index contributed by atoms with van der Waals surface area (Å²) in [6.07, 6.45) is 2.55. The molecule has 3 heteroatoms. The molecule has 1 aliphatic carbocycles. The average Bonchev–Trinajstić information content (AvgIpc) is 3.02. The highest BCUT2D eigenvalue weighted by atomic mass is 16.5. The smallest absolute Gasteiger partial charge is 0.127 e. The molecule has 4 atom stereocenters. The molecular formula is C21H24O3. The number of benzene rings is 2. The number of hydrogen-bond acceptors (Lipinski definition) is 3. The van der Waals surface area contributed by atoms with E-state index in [1.54, 1.807) is 14.2 Å². The van der Waals surface area contributed by atoms with Crippen LogP contribution >= 0.6 is 0 Å². The van der Waals surface area contributed by atoms with Crippen LogP contribution in [0.3, 0.4) is 0 Å². The quantitative estimate of drug-likeness (QED) is 0.798. The summed E-state index contributed by atoms with van der Waals surface area (Å²) in [6, 6.07) is 14.5. The van der Waals surface area contributed by atoms with Gasteiger partial charge in [-0.25, -0.2) is 0 Å². The molecule has 0 amide bonds. The Kier molecular flexibility index (Phi) is 3.87. The van der Waals surface area contributed by atoms with Crippen LogP contribution in [-0.2, 0) is 0 Å². The van der Waals surface area contributed by atoms with E-state index >= 15 is 0 Å². The van der Waals surface area contributed by atoms with Gasteiger partial charge in [-0.1, -0.05) is 19.1 Å². The van der Waals surface area contributed by atoms with Crippen molar-refractivity contribution in [1.82, 2.24) is 0 Å². The summed E-state index contributed by atoms with van der Waals surface area (Å²) in [7, 11) is 3.42. The van der Waals surface area contributed by atoms with Crippen LogP contribution < -0.4 is 14.2 Å². The van der Waals surface area contributed by atoms with Crippen LogP contribution in [-0.4, -0.2) is 14.2 Å².